The number of pyridine rings is 1. The number of benzene rings is 1. The molecule has 1 aromatic carbocycles. The first kappa shape index (κ1) is 14.5. The van der Waals surface area contributed by atoms with Crippen LogP contribution >= 0.6 is 0 Å². The Hall–Kier alpha value is -1.87. The lowest BCUT2D eigenvalue weighted by molar-refractivity contribution is 0.287. The smallest absolute Gasteiger partial charge is 0.218 e. The van der Waals surface area contributed by atoms with Gasteiger partial charge in [0.1, 0.15) is 6.61 Å². The van der Waals surface area contributed by atoms with Gasteiger partial charge in [-0.2, -0.15) is 0 Å². The molecule has 0 saturated heterocycles. The Labute approximate surface area is 121 Å². The summed E-state index contributed by atoms with van der Waals surface area (Å²) in [6.45, 7) is 7.73. The number of aromatic nitrogens is 1. The van der Waals surface area contributed by atoms with Gasteiger partial charge >= 0.3 is 0 Å². The molecule has 0 aliphatic heterocycles. The van der Waals surface area contributed by atoms with Gasteiger partial charge in [0.05, 0.1) is 0 Å². The highest BCUT2D eigenvalue weighted by Crippen LogP contribution is 2.17. The van der Waals surface area contributed by atoms with Crippen molar-refractivity contribution in [1.82, 2.24) is 10.3 Å². The Kier molecular flexibility index (Phi) is 4.74. The Morgan fingerprint density at radius 2 is 1.80 bits per heavy atom. The standard InChI is InChI=1S/C17H22N2O/c1-17(2,3)19-12-15-10-7-11-18-16(15)20-13-14-8-5-4-6-9-14/h4-11,19H,12-13H2,1-3H3. The predicted octanol–water partition coefficient (Wildman–Crippen LogP) is 3.55. The molecule has 0 bridgehead atoms. The van der Waals surface area contributed by atoms with Gasteiger partial charge < -0.3 is 10.1 Å². The molecule has 3 heteroatoms. The topological polar surface area (TPSA) is 34.2 Å². The van der Waals surface area contributed by atoms with Crippen molar-refractivity contribution in [3.8, 4) is 5.88 Å². The summed E-state index contributed by atoms with van der Waals surface area (Å²) in [5, 5.41) is 3.46. The molecule has 0 amide bonds. The van der Waals surface area contributed by atoms with E-state index in [1.807, 2.05) is 30.3 Å². The Morgan fingerprint density at radius 3 is 2.50 bits per heavy atom. The normalized spacial score (nSPS) is 11.3. The third kappa shape index (κ3) is 4.67. The van der Waals surface area contributed by atoms with E-state index in [0.29, 0.717) is 12.5 Å². The first-order chi connectivity index (χ1) is 9.54. The van der Waals surface area contributed by atoms with Crippen LogP contribution in [0.15, 0.2) is 48.7 Å². The number of rotatable bonds is 5. The minimum Gasteiger partial charge on any atom is -0.473 e. The van der Waals surface area contributed by atoms with Crippen LogP contribution in [0.5, 0.6) is 5.88 Å². The largest absolute Gasteiger partial charge is 0.473 e. The molecule has 1 N–H and O–H groups in total. The molecule has 2 aromatic rings. The SMILES string of the molecule is CC(C)(C)NCc1cccnc1OCc1ccccc1. The third-order valence-electron chi connectivity index (χ3n) is 2.88. The lowest BCUT2D eigenvalue weighted by Gasteiger charge is -2.21. The number of hydrogen-bond acceptors (Lipinski definition) is 3. The summed E-state index contributed by atoms with van der Waals surface area (Å²) in [7, 11) is 0. The molecular weight excluding hydrogens is 248 g/mol. The van der Waals surface area contributed by atoms with Crippen LogP contribution in [0.2, 0.25) is 0 Å². The Balaban J connectivity index is 2.01. The van der Waals surface area contributed by atoms with Crippen molar-refractivity contribution in [1.29, 1.82) is 0 Å². The van der Waals surface area contributed by atoms with Crippen molar-refractivity contribution in [3.63, 3.8) is 0 Å². The van der Waals surface area contributed by atoms with Crippen molar-refractivity contribution in [2.24, 2.45) is 0 Å². The lowest BCUT2D eigenvalue weighted by Crippen LogP contribution is -2.35. The van der Waals surface area contributed by atoms with E-state index in [1.165, 1.54) is 0 Å². The Bertz CT molecular complexity index is 532. The van der Waals surface area contributed by atoms with Gasteiger partial charge in [-0.1, -0.05) is 36.4 Å². The van der Waals surface area contributed by atoms with Gasteiger partial charge in [-0.15, -0.1) is 0 Å². The minimum atomic E-state index is 0.0759. The van der Waals surface area contributed by atoms with E-state index in [4.69, 9.17) is 4.74 Å². The van der Waals surface area contributed by atoms with Crippen LogP contribution in [-0.4, -0.2) is 10.5 Å². The molecule has 0 spiro atoms. The molecule has 0 unspecified atom stereocenters. The first-order valence-electron chi connectivity index (χ1n) is 6.90. The molecule has 0 fully saturated rings. The van der Waals surface area contributed by atoms with Crippen LogP contribution in [-0.2, 0) is 13.2 Å². The van der Waals surface area contributed by atoms with Crippen LogP contribution in [0.1, 0.15) is 31.9 Å². The van der Waals surface area contributed by atoms with E-state index in [-0.39, 0.29) is 5.54 Å². The summed E-state index contributed by atoms with van der Waals surface area (Å²) >= 11 is 0. The van der Waals surface area contributed by atoms with Crippen LogP contribution in [0.4, 0.5) is 0 Å². The van der Waals surface area contributed by atoms with E-state index >= 15 is 0 Å². The monoisotopic (exact) mass is 270 g/mol. The zero-order valence-electron chi connectivity index (χ0n) is 12.4. The summed E-state index contributed by atoms with van der Waals surface area (Å²) in [5.41, 5.74) is 2.30. The Morgan fingerprint density at radius 1 is 1.05 bits per heavy atom. The van der Waals surface area contributed by atoms with E-state index in [9.17, 15) is 0 Å². The van der Waals surface area contributed by atoms with Crippen LogP contribution in [0.3, 0.4) is 0 Å². The first-order valence-corrected chi connectivity index (χ1v) is 6.90. The summed E-state index contributed by atoms with van der Waals surface area (Å²) < 4.78 is 5.84. The summed E-state index contributed by atoms with van der Waals surface area (Å²) in [6.07, 6.45) is 1.76. The third-order valence-corrected chi connectivity index (χ3v) is 2.88. The molecule has 20 heavy (non-hydrogen) atoms. The fourth-order valence-electron chi connectivity index (χ4n) is 1.77. The number of nitrogens with zero attached hydrogens (tertiary/aromatic N) is 1. The van der Waals surface area contributed by atoms with Crippen molar-refractivity contribution in [2.45, 2.75) is 39.5 Å². The fraction of sp³-hybridized carbons (Fsp3) is 0.353. The highest BCUT2D eigenvalue weighted by atomic mass is 16.5. The average molecular weight is 270 g/mol. The molecule has 106 valence electrons. The molecule has 0 aliphatic rings. The van der Waals surface area contributed by atoms with Gasteiger partial charge in [0.25, 0.3) is 0 Å². The number of ether oxygens (including phenoxy) is 1. The molecular formula is C17H22N2O. The lowest BCUT2D eigenvalue weighted by atomic mass is 10.1. The zero-order chi connectivity index (χ0) is 14.4. The van der Waals surface area contributed by atoms with E-state index in [1.54, 1.807) is 6.20 Å². The van der Waals surface area contributed by atoms with E-state index in [2.05, 4.69) is 43.2 Å². The van der Waals surface area contributed by atoms with Crippen LogP contribution in [0.25, 0.3) is 0 Å². The van der Waals surface area contributed by atoms with Crippen molar-refractivity contribution >= 4 is 0 Å². The quantitative estimate of drug-likeness (QED) is 0.902. The summed E-state index contributed by atoms with van der Waals surface area (Å²) in [5.74, 6) is 0.702. The molecule has 2 rings (SSSR count). The van der Waals surface area contributed by atoms with Crippen LogP contribution < -0.4 is 10.1 Å². The maximum Gasteiger partial charge on any atom is 0.218 e. The van der Waals surface area contributed by atoms with Gasteiger partial charge in [-0.05, 0) is 32.4 Å². The zero-order valence-corrected chi connectivity index (χ0v) is 12.4. The molecule has 1 heterocycles. The van der Waals surface area contributed by atoms with Crippen molar-refractivity contribution < 1.29 is 4.74 Å². The minimum absolute atomic E-state index is 0.0759. The highest BCUT2D eigenvalue weighted by molar-refractivity contribution is 5.26. The molecule has 0 radical (unpaired) electrons. The highest BCUT2D eigenvalue weighted by Gasteiger charge is 2.11. The van der Waals surface area contributed by atoms with Gasteiger partial charge in [-0.3, -0.25) is 0 Å². The molecule has 0 aliphatic carbocycles. The second kappa shape index (κ2) is 6.53. The average Bonchev–Trinajstić information content (AvgIpc) is 2.44. The van der Waals surface area contributed by atoms with E-state index in [0.717, 1.165) is 17.7 Å². The molecule has 0 atom stereocenters. The maximum atomic E-state index is 5.84. The van der Waals surface area contributed by atoms with Gasteiger partial charge in [-0.25, -0.2) is 4.98 Å². The molecule has 1 aromatic heterocycles. The second-order valence-electron chi connectivity index (χ2n) is 5.85. The molecule has 3 nitrogen and oxygen atoms in total. The summed E-state index contributed by atoms with van der Waals surface area (Å²) in [4.78, 5) is 4.33. The fourth-order valence-corrected chi connectivity index (χ4v) is 1.77. The number of nitrogens with one attached hydrogen (secondary N) is 1. The van der Waals surface area contributed by atoms with Gasteiger partial charge in [0, 0.05) is 23.8 Å². The van der Waals surface area contributed by atoms with Crippen LogP contribution in [0, 0.1) is 0 Å². The van der Waals surface area contributed by atoms with E-state index < -0.39 is 0 Å². The predicted molar refractivity (Wildman–Crippen MR) is 81.6 cm³/mol. The maximum absolute atomic E-state index is 5.84. The molecule has 0 saturated carbocycles. The van der Waals surface area contributed by atoms with Gasteiger partial charge in [0.15, 0.2) is 0 Å². The summed E-state index contributed by atoms with van der Waals surface area (Å²) in [6, 6.07) is 14.1. The number of hydrogen-bond donors (Lipinski definition) is 1. The van der Waals surface area contributed by atoms with Crippen molar-refractivity contribution in [2.75, 3.05) is 0 Å². The van der Waals surface area contributed by atoms with Gasteiger partial charge in [0.2, 0.25) is 5.88 Å². The van der Waals surface area contributed by atoms with Crippen molar-refractivity contribution in [3.05, 3.63) is 59.8 Å². The second-order valence-corrected chi connectivity index (χ2v) is 5.85.